The lowest BCUT2D eigenvalue weighted by Gasteiger charge is -2.22. The zero-order valence-corrected chi connectivity index (χ0v) is 11.8. The lowest BCUT2D eigenvalue weighted by molar-refractivity contribution is 0.0969. The van der Waals surface area contributed by atoms with Crippen molar-refractivity contribution in [3.63, 3.8) is 0 Å². The number of amidine groups is 1. The van der Waals surface area contributed by atoms with E-state index in [9.17, 15) is 0 Å². The maximum Gasteiger partial charge on any atom is 0.144 e. The van der Waals surface area contributed by atoms with Crippen LogP contribution in [0.3, 0.4) is 0 Å². The Morgan fingerprint density at radius 2 is 2.00 bits per heavy atom. The van der Waals surface area contributed by atoms with Gasteiger partial charge in [0, 0.05) is 18.6 Å². The molecule has 0 heterocycles. The highest BCUT2D eigenvalue weighted by molar-refractivity contribution is 5.85. The number of hydrogen-bond acceptors (Lipinski definition) is 3. The van der Waals surface area contributed by atoms with Crippen LogP contribution >= 0.6 is 0 Å². The highest BCUT2D eigenvalue weighted by atomic mass is 16.5. The Morgan fingerprint density at radius 3 is 2.61 bits per heavy atom. The summed E-state index contributed by atoms with van der Waals surface area (Å²) in [5.41, 5.74) is 5.42. The minimum Gasteiger partial charge on any atom is -0.409 e. The number of unbranched alkanes of at least 4 members (excludes halogenated alkanes) is 1. The quantitative estimate of drug-likeness (QED) is 0.230. The minimum atomic E-state index is -0.222. The van der Waals surface area contributed by atoms with Crippen LogP contribution in [0.15, 0.2) is 5.16 Å². The molecule has 1 aliphatic rings. The van der Waals surface area contributed by atoms with Gasteiger partial charge < -0.3 is 15.7 Å². The van der Waals surface area contributed by atoms with E-state index in [0.29, 0.717) is 5.84 Å². The number of hydrogen-bond donors (Lipinski definition) is 2. The fraction of sp³-hybridized carbons (Fsp3) is 0.929. The molecule has 1 saturated carbocycles. The van der Waals surface area contributed by atoms with Crippen LogP contribution in [0.4, 0.5) is 0 Å². The standard InChI is InChI=1S/C14H28N2O2/c1-14(2,13(15)16-17)9-5-6-10-18-11-12-7-3-4-8-12/h12,17H,3-11H2,1-2H3,(H2,15,16). The zero-order chi connectivity index (χ0) is 13.4. The van der Waals surface area contributed by atoms with E-state index >= 15 is 0 Å². The Hall–Kier alpha value is -0.770. The summed E-state index contributed by atoms with van der Waals surface area (Å²) in [4.78, 5) is 0. The summed E-state index contributed by atoms with van der Waals surface area (Å²) >= 11 is 0. The van der Waals surface area contributed by atoms with Gasteiger partial charge in [0.15, 0.2) is 0 Å². The fourth-order valence-electron chi connectivity index (χ4n) is 2.46. The molecule has 18 heavy (non-hydrogen) atoms. The van der Waals surface area contributed by atoms with Gasteiger partial charge in [-0.1, -0.05) is 38.3 Å². The lowest BCUT2D eigenvalue weighted by atomic mass is 9.86. The highest BCUT2D eigenvalue weighted by Gasteiger charge is 2.22. The second kappa shape index (κ2) is 7.62. The molecule has 1 aliphatic carbocycles. The van der Waals surface area contributed by atoms with Gasteiger partial charge in [0.2, 0.25) is 0 Å². The smallest absolute Gasteiger partial charge is 0.144 e. The molecule has 0 atom stereocenters. The van der Waals surface area contributed by atoms with Crippen LogP contribution < -0.4 is 5.73 Å². The Bertz CT molecular complexity index is 259. The molecule has 0 aromatic rings. The van der Waals surface area contributed by atoms with Gasteiger partial charge in [-0.05, 0) is 31.6 Å². The van der Waals surface area contributed by atoms with Crippen molar-refractivity contribution >= 4 is 5.84 Å². The molecule has 4 nitrogen and oxygen atoms in total. The van der Waals surface area contributed by atoms with Crippen molar-refractivity contribution in [2.75, 3.05) is 13.2 Å². The van der Waals surface area contributed by atoms with E-state index in [-0.39, 0.29) is 5.41 Å². The van der Waals surface area contributed by atoms with E-state index in [1.165, 1.54) is 25.7 Å². The molecule has 3 N–H and O–H groups in total. The van der Waals surface area contributed by atoms with Crippen LogP contribution in [0.25, 0.3) is 0 Å². The van der Waals surface area contributed by atoms with Gasteiger partial charge in [-0.3, -0.25) is 0 Å². The Morgan fingerprint density at radius 1 is 1.33 bits per heavy atom. The molecule has 0 unspecified atom stereocenters. The van der Waals surface area contributed by atoms with Crippen LogP contribution in [-0.4, -0.2) is 24.3 Å². The van der Waals surface area contributed by atoms with Gasteiger partial charge in [-0.2, -0.15) is 0 Å². The number of nitrogens with two attached hydrogens (primary N) is 1. The Balaban J connectivity index is 2.01. The van der Waals surface area contributed by atoms with Gasteiger partial charge >= 0.3 is 0 Å². The average Bonchev–Trinajstić information content (AvgIpc) is 2.85. The molecule has 0 bridgehead atoms. The third kappa shape index (κ3) is 5.25. The van der Waals surface area contributed by atoms with Gasteiger partial charge in [0.1, 0.15) is 5.84 Å². The van der Waals surface area contributed by atoms with Crippen molar-refractivity contribution in [2.45, 2.75) is 58.8 Å². The summed E-state index contributed by atoms with van der Waals surface area (Å²) in [5, 5.41) is 11.8. The normalized spacial score (nSPS) is 18.4. The second-order valence-corrected chi connectivity index (χ2v) is 6.05. The second-order valence-electron chi connectivity index (χ2n) is 6.05. The number of nitrogens with zero attached hydrogens (tertiary/aromatic N) is 1. The number of ether oxygens (including phenoxy) is 1. The molecule has 1 rings (SSSR count). The van der Waals surface area contributed by atoms with Crippen molar-refractivity contribution < 1.29 is 9.94 Å². The summed E-state index contributed by atoms with van der Waals surface area (Å²) in [5.74, 6) is 1.12. The van der Waals surface area contributed by atoms with Gasteiger partial charge in [0.05, 0.1) is 0 Å². The zero-order valence-electron chi connectivity index (χ0n) is 11.8. The third-order valence-corrected chi connectivity index (χ3v) is 3.97. The highest BCUT2D eigenvalue weighted by Crippen LogP contribution is 2.25. The fourth-order valence-corrected chi connectivity index (χ4v) is 2.46. The summed E-state index contributed by atoms with van der Waals surface area (Å²) in [6.07, 6.45) is 8.47. The molecule has 0 radical (unpaired) electrons. The molecule has 0 aromatic carbocycles. The summed E-state index contributed by atoms with van der Waals surface area (Å²) < 4.78 is 5.71. The van der Waals surface area contributed by atoms with Crippen molar-refractivity contribution in [3.05, 3.63) is 0 Å². The molecule has 0 amide bonds. The van der Waals surface area contributed by atoms with Crippen LogP contribution in [-0.2, 0) is 4.74 Å². The van der Waals surface area contributed by atoms with Crippen molar-refractivity contribution in [1.29, 1.82) is 0 Å². The Labute approximate surface area is 111 Å². The molecule has 0 aromatic heterocycles. The first-order chi connectivity index (χ1) is 8.56. The van der Waals surface area contributed by atoms with Gasteiger partial charge in [-0.15, -0.1) is 0 Å². The Kier molecular flexibility index (Phi) is 6.47. The van der Waals surface area contributed by atoms with Crippen molar-refractivity contribution in [2.24, 2.45) is 22.2 Å². The predicted molar refractivity (Wildman–Crippen MR) is 73.8 cm³/mol. The molecule has 1 fully saturated rings. The molecular weight excluding hydrogens is 228 g/mol. The van der Waals surface area contributed by atoms with E-state index in [1.807, 2.05) is 13.8 Å². The summed E-state index contributed by atoms with van der Waals surface area (Å²) in [6.45, 7) is 5.77. The summed E-state index contributed by atoms with van der Waals surface area (Å²) in [7, 11) is 0. The van der Waals surface area contributed by atoms with Gasteiger partial charge in [-0.25, -0.2) is 0 Å². The van der Waals surface area contributed by atoms with Crippen molar-refractivity contribution in [1.82, 2.24) is 0 Å². The molecular formula is C14H28N2O2. The van der Waals surface area contributed by atoms with Crippen LogP contribution in [0.2, 0.25) is 0 Å². The largest absolute Gasteiger partial charge is 0.409 e. The van der Waals surface area contributed by atoms with Crippen LogP contribution in [0.5, 0.6) is 0 Å². The maximum atomic E-state index is 8.67. The first-order valence-corrected chi connectivity index (χ1v) is 7.12. The van der Waals surface area contributed by atoms with Gasteiger partial charge in [0.25, 0.3) is 0 Å². The first-order valence-electron chi connectivity index (χ1n) is 7.12. The van der Waals surface area contributed by atoms with Crippen molar-refractivity contribution in [3.8, 4) is 0 Å². The molecule has 0 spiro atoms. The van der Waals surface area contributed by atoms with Crippen LogP contribution in [0, 0.1) is 11.3 Å². The number of oxime groups is 1. The van der Waals surface area contributed by atoms with E-state index in [4.69, 9.17) is 15.7 Å². The van der Waals surface area contributed by atoms with Crippen LogP contribution in [0.1, 0.15) is 58.8 Å². The first kappa shape index (κ1) is 15.3. The number of rotatable bonds is 8. The third-order valence-electron chi connectivity index (χ3n) is 3.97. The predicted octanol–water partition coefficient (Wildman–Crippen LogP) is 3.14. The maximum absolute atomic E-state index is 8.67. The summed E-state index contributed by atoms with van der Waals surface area (Å²) in [6, 6.07) is 0. The molecule has 4 heteroatoms. The van der Waals surface area contributed by atoms with E-state index < -0.39 is 0 Å². The van der Waals surface area contributed by atoms with E-state index in [1.54, 1.807) is 0 Å². The lowest BCUT2D eigenvalue weighted by Crippen LogP contribution is -2.31. The average molecular weight is 256 g/mol. The monoisotopic (exact) mass is 256 g/mol. The van der Waals surface area contributed by atoms with E-state index in [0.717, 1.165) is 38.4 Å². The topological polar surface area (TPSA) is 67.8 Å². The molecule has 0 saturated heterocycles. The molecule has 0 aliphatic heterocycles. The minimum absolute atomic E-state index is 0.222. The van der Waals surface area contributed by atoms with E-state index in [2.05, 4.69) is 5.16 Å². The SMILES string of the molecule is CC(C)(CCCCOCC1CCCC1)C(N)=NO. The molecule has 106 valence electrons.